The van der Waals surface area contributed by atoms with E-state index in [2.05, 4.69) is 5.32 Å². The average molecular weight is 290 g/mol. The number of Topliss-reactive ketones (excluding diaryl/α,β-unsaturated/α-hetero) is 1. The number of carbonyl (C=O) groups excluding carboxylic acids is 1. The molecule has 3 rings (SSSR count). The Kier molecular flexibility index (Phi) is 2.87. The number of hydrogen-bond acceptors (Lipinski definition) is 3. The topological polar surface area (TPSA) is 52.9 Å². The summed E-state index contributed by atoms with van der Waals surface area (Å²) in [6, 6.07) is 10.1. The van der Waals surface area contributed by atoms with Crippen molar-refractivity contribution in [1.82, 2.24) is 0 Å². The summed E-state index contributed by atoms with van der Waals surface area (Å²) in [4.78, 5) is 11.6. The number of benzene rings is 2. The Morgan fingerprint density at radius 1 is 1.24 bits per heavy atom. The molecule has 6 heteroatoms. The van der Waals surface area contributed by atoms with Gasteiger partial charge in [-0.15, -0.1) is 0 Å². The monoisotopic (exact) mass is 290 g/mol. The van der Waals surface area contributed by atoms with E-state index in [1.54, 1.807) is 30.3 Å². The molecule has 1 unspecified atom stereocenters. The van der Waals surface area contributed by atoms with Crippen LogP contribution in [0.1, 0.15) is 17.0 Å². The zero-order valence-corrected chi connectivity index (χ0v) is 10.7. The van der Waals surface area contributed by atoms with Crippen LogP contribution < -0.4 is 5.32 Å². The molecule has 2 aromatic carbocycles. The van der Waals surface area contributed by atoms with Crippen LogP contribution >= 0.6 is 0 Å². The maximum absolute atomic E-state index is 12.7. The number of nitriles is 1. The Morgan fingerprint density at radius 3 is 2.67 bits per heavy atom. The predicted octanol–water partition coefficient (Wildman–Crippen LogP) is 3.35. The fraction of sp³-hybridized carbons (Fsp3) is 0.200. The van der Waals surface area contributed by atoms with Crippen LogP contribution in [0.5, 0.6) is 0 Å². The number of carbonyl (C=O) groups is 1. The first-order valence-corrected chi connectivity index (χ1v) is 6.24. The van der Waals surface area contributed by atoms with E-state index in [0.717, 1.165) is 0 Å². The number of hydrogen-bond donors (Lipinski definition) is 1. The maximum atomic E-state index is 12.7. The van der Waals surface area contributed by atoms with E-state index in [1.165, 1.54) is 0 Å². The minimum absolute atomic E-state index is 0.0798. The highest BCUT2D eigenvalue weighted by molar-refractivity contribution is 6.02. The van der Waals surface area contributed by atoms with Gasteiger partial charge >= 0.3 is 6.18 Å². The Morgan fingerprint density at radius 2 is 2.00 bits per heavy atom. The molecule has 0 amide bonds. The fourth-order valence-corrected chi connectivity index (χ4v) is 2.74. The van der Waals surface area contributed by atoms with Gasteiger partial charge in [0, 0.05) is 12.2 Å². The fourth-order valence-electron chi connectivity index (χ4n) is 2.74. The molecule has 0 fully saturated rings. The predicted molar refractivity (Wildman–Crippen MR) is 71.0 cm³/mol. The second-order valence-corrected chi connectivity index (χ2v) is 4.83. The third-order valence-electron chi connectivity index (χ3n) is 3.66. The van der Waals surface area contributed by atoms with Gasteiger partial charge in [-0.05, 0) is 28.5 Å². The normalized spacial score (nSPS) is 17.1. The number of alkyl halides is 3. The van der Waals surface area contributed by atoms with Crippen molar-refractivity contribution in [2.75, 3.05) is 11.9 Å². The van der Waals surface area contributed by atoms with Crippen molar-refractivity contribution in [3.05, 3.63) is 41.5 Å². The lowest BCUT2D eigenvalue weighted by molar-refractivity contribution is -0.172. The van der Waals surface area contributed by atoms with Crippen molar-refractivity contribution < 1.29 is 18.0 Å². The molecule has 0 bridgehead atoms. The number of anilines is 1. The highest BCUT2D eigenvalue weighted by Gasteiger charge is 2.46. The molecule has 2 aromatic rings. The van der Waals surface area contributed by atoms with Crippen LogP contribution in [-0.4, -0.2) is 18.5 Å². The Labute approximate surface area is 118 Å². The molecule has 1 heterocycles. The van der Waals surface area contributed by atoms with Crippen molar-refractivity contribution in [1.29, 1.82) is 5.26 Å². The maximum Gasteiger partial charge on any atom is 0.450 e. The first kappa shape index (κ1) is 13.4. The zero-order chi connectivity index (χ0) is 15.2. The van der Waals surface area contributed by atoms with Gasteiger partial charge in [0.2, 0.25) is 5.78 Å². The number of halogens is 3. The number of nitrogens with one attached hydrogen (secondary N) is 1. The minimum atomic E-state index is -4.87. The van der Waals surface area contributed by atoms with E-state index < -0.39 is 17.9 Å². The van der Waals surface area contributed by atoms with E-state index in [4.69, 9.17) is 5.26 Å². The van der Waals surface area contributed by atoms with Gasteiger partial charge < -0.3 is 5.32 Å². The third-order valence-corrected chi connectivity index (χ3v) is 3.66. The second kappa shape index (κ2) is 4.48. The molecule has 0 radical (unpaired) electrons. The summed E-state index contributed by atoms with van der Waals surface area (Å²) in [5.74, 6) is -3.03. The molecule has 1 N–H and O–H groups in total. The molecule has 1 aliphatic heterocycles. The summed E-state index contributed by atoms with van der Waals surface area (Å²) in [6.07, 6.45) is -4.87. The first-order valence-electron chi connectivity index (χ1n) is 6.24. The molecular weight excluding hydrogens is 281 g/mol. The van der Waals surface area contributed by atoms with Crippen LogP contribution in [-0.2, 0) is 4.79 Å². The summed E-state index contributed by atoms with van der Waals surface area (Å²) in [7, 11) is 0. The lowest BCUT2D eigenvalue weighted by Crippen LogP contribution is -2.30. The highest BCUT2D eigenvalue weighted by Crippen LogP contribution is 2.41. The molecule has 0 aromatic heterocycles. The summed E-state index contributed by atoms with van der Waals surface area (Å²) in [5, 5.41) is 13.0. The first-order chi connectivity index (χ1) is 9.93. The summed E-state index contributed by atoms with van der Waals surface area (Å²) < 4.78 is 38.1. The quantitative estimate of drug-likeness (QED) is 0.876. The van der Waals surface area contributed by atoms with Crippen LogP contribution in [0.2, 0.25) is 0 Å². The Hall–Kier alpha value is -2.55. The van der Waals surface area contributed by atoms with Crippen LogP contribution in [0.4, 0.5) is 18.9 Å². The molecule has 0 spiro atoms. The smallest absolute Gasteiger partial charge is 0.384 e. The lowest BCUT2D eigenvalue weighted by Gasteiger charge is -2.14. The van der Waals surface area contributed by atoms with Gasteiger partial charge in [0.25, 0.3) is 0 Å². The Bertz CT molecular complexity index is 790. The lowest BCUT2D eigenvalue weighted by atomic mass is 9.90. The molecule has 21 heavy (non-hydrogen) atoms. The van der Waals surface area contributed by atoms with Gasteiger partial charge in [0.15, 0.2) is 0 Å². The van der Waals surface area contributed by atoms with Crippen LogP contribution in [0.3, 0.4) is 0 Å². The summed E-state index contributed by atoms with van der Waals surface area (Å²) >= 11 is 0. The summed E-state index contributed by atoms with van der Waals surface area (Å²) in [6.45, 7) is -0.0798. The molecule has 1 aliphatic rings. The number of fused-ring (bicyclic) bond motifs is 3. The van der Waals surface area contributed by atoms with E-state index in [-0.39, 0.29) is 6.54 Å². The van der Waals surface area contributed by atoms with Gasteiger partial charge in [0.1, 0.15) is 0 Å². The number of ketones is 1. The average Bonchev–Trinajstić information content (AvgIpc) is 2.88. The van der Waals surface area contributed by atoms with Crippen LogP contribution in [0.25, 0.3) is 10.8 Å². The van der Waals surface area contributed by atoms with Crippen molar-refractivity contribution in [2.45, 2.75) is 12.1 Å². The number of rotatable bonds is 1. The van der Waals surface area contributed by atoms with E-state index in [9.17, 15) is 18.0 Å². The molecule has 0 saturated carbocycles. The van der Waals surface area contributed by atoms with Gasteiger partial charge in [-0.2, -0.15) is 18.4 Å². The summed E-state index contributed by atoms with van der Waals surface area (Å²) in [5.41, 5.74) is 1.22. The second-order valence-electron chi connectivity index (χ2n) is 4.83. The third kappa shape index (κ3) is 2.02. The molecule has 0 aliphatic carbocycles. The minimum Gasteiger partial charge on any atom is -0.384 e. The van der Waals surface area contributed by atoms with Gasteiger partial charge in [-0.1, -0.05) is 18.2 Å². The van der Waals surface area contributed by atoms with Gasteiger partial charge in [-0.3, -0.25) is 4.79 Å². The number of nitrogens with zero attached hydrogens (tertiary/aromatic N) is 1. The Balaban J connectivity index is 2.24. The largest absolute Gasteiger partial charge is 0.450 e. The van der Waals surface area contributed by atoms with E-state index in [1.807, 2.05) is 6.07 Å². The van der Waals surface area contributed by atoms with Gasteiger partial charge in [0.05, 0.1) is 17.6 Å². The highest BCUT2D eigenvalue weighted by atomic mass is 19.4. The van der Waals surface area contributed by atoms with Crippen LogP contribution in [0, 0.1) is 11.3 Å². The van der Waals surface area contributed by atoms with Crippen LogP contribution in [0.15, 0.2) is 30.3 Å². The zero-order valence-electron chi connectivity index (χ0n) is 10.7. The van der Waals surface area contributed by atoms with E-state index >= 15 is 0 Å². The van der Waals surface area contributed by atoms with Crippen molar-refractivity contribution in [2.24, 2.45) is 0 Å². The van der Waals surface area contributed by atoms with E-state index in [0.29, 0.717) is 27.6 Å². The molecule has 0 saturated heterocycles. The SMILES string of the molecule is N#Cc1cccc2c3c(ccc12)NCC3C(=O)C(F)(F)F. The molecule has 3 nitrogen and oxygen atoms in total. The standard InChI is InChI=1S/C15H9F3N2O/c16-15(17,18)14(21)11-7-20-12-5-4-9-8(6-19)2-1-3-10(9)13(11)12/h1-5,11,20H,7H2. The van der Waals surface area contributed by atoms with Crippen molar-refractivity contribution in [3.8, 4) is 6.07 Å². The molecule has 1 atom stereocenters. The molecule has 106 valence electrons. The van der Waals surface area contributed by atoms with Crippen molar-refractivity contribution >= 4 is 22.2 Å². The van der Waals surface area contributed by atoms with Crippen molar-refractivity contribution in [3.63, 3.8) is 0 Å². The van der Waals surface area contributed by atoms with Gasteiger partial charge in [-0.25, -0.2) is 0 Å². The molecular formula is C15H9F3N2O.